The van der Waals surface area contributed by atoms with Gasteiger partial charge in [-0.05, 0) is 30.5 Å². The Morgan fingerprint density at radius 1 is 0.421 bits per heavy atom. The summed E-state index contributed by atoms with van der Waals surface area (Å²) < 4.78 is 26.7. The first-order valence-corrected chi connectivity index (χ1v) is 24.1. The Balaban J connectivity index is 4.60. The summed E-state index contributed by atoms with van der Waals surface area (Å²) in [5.41, 5.74) is 0. The lowest BCUT2D eigenvalue weighted by molar-refractivity contribution is -0.169. The van der Waals surface area contributed by atoms with E-state index in [1.54, 1.807) is 6.92 Å². The highest BCUT2D eigenvalue weighted by Crippen LogP contribution is 2.17. The maximum Gasteiger partial charge on any atom is 0.370 e. The van der Waals surface area contributed by atoms with E-state index in [9.17, 15) is 24.0 Å². The highest BCUT2D eigenvalue weighted by Gasteiger charge is 2.23. The minimum absolute atomic E-state index is 0.0925. The van der Waals surface area contributed by atoms with Crippen LogP contribution in [0.15, 0.2) is 0 Å². The van der Waals surface area contributed by atoms with Crippen LogP contribution in [0.3, 0.4) is 0 Å². The van der Waals surface area contributed by atoms with E-state index in [2.05, 4.69) is 13.8 Å². The van der Waals surface area contributed by atoms with Crippen molar-refractivity contribution in [1.82, 2.24) is 0 Å². The molecule has 0 aromatic rings. The Labute approximate surface area is 352 Å². The predicted molar refractivity (Wildman–Crippen MR) is 231 cm³/mol. The number of rotatable bonds is 40. The Morgan fingerprint density at radius 2 is 0.754 bits per heavy atom. The second kappa shape index (κ2) is 40.5. The van der Waals surface area contributed by atoms with Crippen LogP contribution >= 0.6 is 11.8 Å². The van der Waals surface area contributed by atoms with Gasteiger partial charge >= 0.3 is 29.2 Å². The second-order valence-electron chi connectivity index (χ2n) is 15.8. The van der Waals surface area contributed by atoms with Crippen LogP contribution in [0.1, 0.15) is 227 Å². The third-order valence-corrected chi connectivity index (χ3v) is 10.6. The largest absolute Gasteiger partial charge is 0.462 e. The molecule has 11 heteroatoms. The molecular formula is C46H84O10S. The van der Waals surface area contributed by atoms with Crippen molar-refractivity contribution in [3.8, 4) is 0 Å². The first kappa shape index (κ1) is 54.7. The zero-order chi connectivity index (χ0) is 42.2. The van der Waals surface area contributed by atoms with Crippen molar-refractivity contribution in [2.75, 3.05) is 19.0 Å². The normalized spacial score (nSPS) is 12.2. The van der Waals surface area contributed by atoms with Crippen LogP contribution in [-0.2, 0) is 42.9 Å². The van der Waals surface area contributed by atoms with Crippen molar-refractivity contribution >= 4 is 40.9 Å². The van der Waals surface area contributed by atoms with Crippen LogP contribution < -0.4 is 0 Å². The number of hydrogen-bond acceptors (Lipinski definition) is 11. The summed E-state index contributed by atoms with van der Waals surface area (Å²) in [6, 6.07) is 0. The van der Waals surface area contributed by atoms with E-state index in [-0.39, 0.29) is 50.8 Å². The van der Waals surface area contributed by atoms with E-state index < -0.39 is 35.6 Å². The van der Waals surface area contributed by atoms with Gasteiger partial charge in [0.1, 0.15) is 13.2 Å². The summed E-state index contributed by atoms with van der Waals surface area (Å²) in [5, 5.41) is -0.532. The maximum absolute atomic E-state index is 12.9. The summed E-state index contributed by atoms with van der Waals surface area (Å²) in [7, 11) is 0. The number of ether oxygens (including phenoxy) is 5. The van der Waals surface area contributed by atoms with Crippen molar-refractivity contribution < 1.29 is 47.7 Å². The third-order valence-electron chi connectivity index (χ3n) is 9.98. The third kappa shape index (κ3) is 39.0. The molecule has 0 N–H and O–H groups in total. The van der Waals surface area contributed by atoms with Gasteiger partial charge in [0.25, 0.3) is 0 Å². The van der Waals surface area contributed by atoms with Crippen molar-refractivity contribution in [3.05, 3.63) is 0 Å². The zero-order valence-corrected chi connectivity index (χ0v) is 37.9. The van der Waals surface area contributed by atoms with Crippen molar-refractivity contribution in [2.24, 2.45) is 5.92 Å². The minimum Gasteiger partial charge on any atom is -0.462 e. The molecule has 0 radical (unpaired) electrons. The highest BCUT2D eigenvalue weighted by molar-refractivity contribution is 8.13. The molecule has 10 nitrogen and oxygen atoms in total. The van der Waals surface area contributed by atoms with Crippen LogP contribution in [0.5, 0.6) is 0 Å². The zero-order valence-electron chi connectivity index (χ0n) is 37.1. The first-order chi connectivity index (χ1) is 27.6. The van der Waals surface area contributed by atoms with Gasteiger partial charge in [0.05, 0.1) is 0 Å². The molecule has 57 heavy (non-hydrogen) atoms. The monoisotopic (exact) mass is 829 g/mol. The van der Waals surface area contributed by atoms with Crippen molar-refractivity contribution in [3.63, 3.8) is 0 Å². The molecule has 0 fully saturated rings. The fourth-order valence-electron chi connectivity index (χ4n) is 6.63. The molecule has 334 valence electrons. The lowest BCUT2D eigenvalue weighted by Gasteiger charge is -2.19. The van der Waals surface area contributed by atoms with Crippen LogP contribution in [0, 0.1) is 5.92 Å². The first-order valence-electron chi connectivity index (χ1n) is 23.1. The summed E-state index contributed by atoms with van der Waals surface area (Å²) >= 11 is 0.971. The number of carbonyl (C=O) groups excluding carboxylic acids is 5. The Kier molecular flexibility index (Phi) is 38.8. The molecule has 0 aliphatic rings. The molecule has 0 saturated heterocycles. The molecule has 0 spiro atoms. The number of hydrogen-bond donors (Lipinski definition) is 0. The van der Waals surface area contributed by atoms with Gasteiger partial charge in [-0.2, -0.15) is 0 Å². The van der Waals surface area contributed by atoms with Gasteiger partial charge in [0, 0.05) is 38.4 Å². The number of thioether (sulfide) groups is 1. The summed E-state index contributed by atoms with van der Waals surface area (Å²) in [6.45, 7) is 9.02. The average Bonchev–Trinajstić information content (AvgIpc) is 3.16. The maximum atomic E-state index is 12.9. The Bertz CT molecular complexity index is 960. The molecule has 0 amide bonds. The topological polar surface area (TPSA) is 132 Å². The SMILES string of the molecule is CCCCCCCCCCCCCCCC(=O)OCC(COC(=O)CCCCCCCCCCCCCCC)OC(=O)CC(C)CC(=O)OC(C)OC(=O)SCC. The fraction of sp³-hybridized carbons (Fsp3) is 0.891. The van der Waals surface area contributed by atoms with Gasteiger partial charge in [-0.25, -0.2) is 4.79 Å². The van der Waals surface area contributed by atoms with Crippen molar-refractivity contribution in [2.45, 2.75) is 240 Å². The van der Waals surface area contributed by atoms with Crippen LogP contribution in [0.4, 0.5) is 4.79 Å². The molecule has 0 rings (SSSR count). The van der Waals surface area contributed by atoms with E-state index in [0.29, 0.717) is 5.75 Å². The molecule has 0 aliphatic heterocycles. The summed E-state index contributed by atoms with van der Waals surface area (Å²) in [5.74, 6) is -1.87. The van der Waals surface area contributed by atoms with E-state index in [0.717, 1.165) is 50.3 Å². The lowest BCUT2D eigenvalue weighted by Crippen LogP contribution is -2.31. The van der Waals surface area contributed by atoms with E-state index in [1.807, 2.05) is 6.92 Å². The molecule has 0 aromatic heterocycles. The molecule has 2 atom stereocenters. The number of esters is 4. The highest BCUT2D eigenvalue weighted by atomic mass is 32.2. The van der Waals surface area contributed by atoms with Gasteiger partial charge in [-0.1, -0.05) is 182 Å². The molecular weight excluding hydrogens is 745 g/mol. The van der Waals surface area contributed by atoms with Gasteiger partial charge in [0.15, 0.2) is 6.10 Å². The standard InChI is InChI=1S/C46H84O10S/c1-6-9-11-13-15-17-19-21-23-25-27-29-31-33-42(47)52-37-41(56-45(50)36-39(4)35-44(49)54-40(5)55-46(51)57-8-3)38-53-43(48)34-32-30-28-26-24-22-20-18-16-14-12-10-7-2/h39-41H,6-38H2,1-5H3. The minimum atomic E-state index is -1.05. The quantitative estimate of drug-likeness (QED) is 0.0253. The average molecular weight is 829 g/mol. The Hall–Kier alpha value is -2.30. The van der Waals surface area contributed by atoms with Crippen LogP contribution in [0.2, 0.25) is 0 Å². The van der Waals surface area contributed by atoms with Crippen LogP contribution in [-0.4, -0.2) is 60.5 Å². The molecule has 2 unspecified atom stereocenters. The fourth-order valence-corrected chi connectivity index (χ4v) is 7.07. The molecule has 0 bridgehead atoms. The molecule has 0 aromatic carbocycles. The smallest absolute Gasteiger partial charge is 0.370 e. The summed E-state index contributed by atoms with van der Waals surface area (Å²) in [4.78, 5) is 62.0. The Morgan fingerprint density at radius 3 is 1.11 bits per heavy atom. The van der Waals surface area contributed by atoms with Crippen LogP contribution in [0.25, 0.3) is 0 Å². The van der Waals surface area contributed by atoms with Gasteiger partial charge in [-0.3, -0.25) is 19.2 Å². The predicted octanol–water partition coefficient (Wildman–Crippen LogP) is 13.1. The molecule has 0 aliphatic carbocycles. The van der Waals surface area contributed by atoms with Gasteiger partial charge in [0.2, 0.25) is 6.29 Å². The lowest BCUT2D eigenvalue weighted by atomic mass is 10.0. The summed E-state index contributed by atoms with van der Waals surface area (Å²) in [6.07, 6.45) is 29.9. The van der Waals surface area contributed by atoms with Gasteiger partial charge in [-0.15, -0.1) is 0 Å². The molecule has 0 saturated carbocycles. The van der Waals surface area contributed by atoms with Crippen molar-refractivity contribution in [1.29, 1.82) is 0 Å². The van der Waals surface area contributed by atoms with E-state index >= 15 is 0 Å². The van der Waals surface area contributed by atoms with E-state index in [1.165, 1.54) is 135 Å². The number of carbonyl (C=O) groups is 5. The van der Waals surface area contributed by atoms with E-state index in [4.69, 9.17) is 23.7 Å². The molecule has 0 heterocycles. The second-order valence-corrected chi connectivity index (χ2v) is 17.0. The van der Waals surface area contributed by atoms with Gasteiger partial charge < -0.3 is 23.7 Å². The number of unbranched alkanes of at least 4 members (excludes halogenated alkanes) is 24.